The van der Waals surface area contributed by atoms with Gasteiger partial charge in [-0.25, -0.2) is 0 Å². The van der Waals surface area contributed by atoms with Crippen LogP contribution in [0.15, 0.2) is 30.3 Å². The summed E-state index contributed by atoms with van der Waals surface area (Å²) in [6, 6.07) is 9.43. The Bertz CT molecular complexity index is 566. The maximum absolute atomic E-state index is 11.6. The quantitative estimate of drug-likeness (QED) is 0.818. The van der Waals surface area contributed by atoms with E-state index >= 15 is 0 Å². The summed E-state index contributed by atoms with van der Waals surface area (Å²) in [4.78, 5) is 17.6. The maximum atomic E-state index is 11.6. The van der Waals surface area contributed by atoms with Crippen LogP contribution in [0.4, 0.5) is 0 Å². The Labute approximate surface area is 105 Å². The number of likely N-dealkylation sites (N-methyl/N-ethyl adjacent to an activating group) is 1. The number of pyridine rings is 1. The highest BCUT2D eigenvalue weighted by molar-refractivity contribution is 6.35. The highest BCUT2D eigenvalue weighted by Gasteiger charge is 2.08. The Kier molecular flexibility index (Phi) is 3.29. The van der Waals surface area contributed by atoms with Gasteiger partial charge in [-0.15, -0.1) is 0 Å². The number of benzene rings is 1. The Morgan fingerprint density at radius 3 is 2.76 bits per heavy atom. The average Bonchev–Trinajstić information content (AvgIpc) is 2.30. The molecule has 1 aromatic carbocycles. The van der Waals surface area contributed by atoms with E-state index in [1.165, 1.54) is 0 Å². The number of hydrogen-bond acceptors (Lipinski definition) is 2. The van der Waals surface area contributed by atoms with Crippen molar-refractivity contribution >= 4 is 28.4 Å². The van der Waals surface area contributed by atoms with E-state index in [0.29, 0.717) is 11.4 Å². The number of carbonyl (C=O) groups excluding carboxylic acids is 1. The molecule has 2 aromatic rings. The second-order valence-corrected chi connectivity index (χ2v) is 4.49. The smallest absolute Gasteiger partial charge is 0.228 e. The number of halogens is 1. The zero-order chi connectivity index (χ0) is 12.4. The highest BCUT2D eigenvalue weighted by Crippen LogP contribution is 2.21. The van der Waals surface area contributed by atoms with E-state index in [9.17, 15) is 4.79 Å². The molecule has 0 aliphatic rings. The maximum Gasteiger partial charge on any atom is 0.228 e. The first kappa shape index (κ1) is 11.9. The molecule has 0 saturated carbocycles. The lowest BCUT2D eigenvalue weighted by Crippen LogP contribution is -2.23. The van der Waals surface area contributed by atoms with Crippen molar-refractivity contribution in [3.8, 4) is 0 Å². The van der Waals surface area contributed by atoms with Gasteiger partial charge in [-0.3, -0.25) is 9.78 Å². The molecule has 0 saturated heterocycles. The predicted octanol–water partition coefficient (Wildman–Crippen LogP) is 2.52. The third-order valence-corrected chi connectivity index (χ3v) is 2.86. The Morgan fingerprint density at radius 2 is 2.06 bits per heavy atom. The second kappa shape index (κ2) is 4.72. The first-order chi connectivity index (χ1) is 8.08. The molecule has 0 fully saturated rings. The molecule has 0 unspecified atom stereocenters. The first-order valence-corrected chi connectivity index (χ1v) is 5.70. The fourth-order valence-corrected chi connectivity index (χ4v) is 1.79. The zero-order valence-corrected chi connectivity index (χ0v) is 10.5. The number of hydrogen-bond donors (Lipinski definition) is 0. The van der Waals surface area contributed by atoms with Crippen molar-refractivity contribution < 1.29 is 4.79 Å². The van der Waals surface area contributed by atoms with Crippen LogP contribution >= 0.6 is 11.6 Å². The molecule has 0 atom stereocenters. The van der Waals surface area contributed by atoms with Crippen molar-refractivity contribution in [2.24, 2.45) is 0 Å². The summed E-state index contributed by atoms with van der Waals surface area (Å²) < 4.78 is 0. The van der Waals surface area contributed by atoms with Gasteiger partial charge in [0.1, 0.15) is 0 Å². The van der Waals surface area contributed by atoms with Crippen molar-refractivity contribution in [2.75, 3.05) is 14.1 Å². The number of amides is 1. The summed E-state index contributed by atoms with van der Waals surface area (Å²) >= 11 is 6.07. The minimum atomic E-state index is 0.0314. The lowest BCUT2D eigenvalue weighted by Gasteiger charge is -2.10. The molecule has 17 heavy (non-hydrogen) atoms. The highest BCUT2D eigenvalue weighted by atomic mass is 35.5. The van der Waals surface area contributed by atoms with E-state index in [2.05, 4.69) is 4.98 Å². The summed E-state index contributed by atoms with van der Waals surface area (Å²) in [7, 11) is 3.46. The van der Waals surface area contributed by atoms with Crippen LogP contribution in [-0.4, -0.2) is 29.9 Å². The van der Waals surface area contributed by atoms with Crippen LogP contribution in [0.5, 0.6) is 0 Å². The lowest BCUT2D eigenvalue weighted by atomic mass is 10.1. The molecule has 1 aromatic heterocycles. The number of para-hydroxylation sites is 1. The van der Waals surface area contributed by atoms with Gasteiger partial charge >= 0.3 is 0 Å². The van der Waals surface area contributed by atoms with Crippen molar-refractivity contribution in [3.05, 3.63) is 41.0 Å². The van der Waals surface area contributed by atoms with Crippen LogP contribution < -0.4 is 0 Å². The molecule has 1 heterocycles. The van der Waals surface area contributed by atoms with Gasteiger partial charge in [-0.2, -0.15) is 0 Å². The minimum Gasteiger partial charge on any atom is -0.348 e. The third-order valence-electron chi connectivity index (χ3n) is 2.56. The molecule has 0 aliphatic carbocycles. The summed E-state index contributed by atoms with van der Waals surface area (Å²) in [5, 5.41) is 1.60. The average molecular weight is 249 g/mol. The summed E-state index contributed by atoms with van der Waals surface area (Å²) in [6.45, 7) is 0. The SMILES string of the molecule is CN(C)C(=O)Cc1ccc2cccc(Cl)c2n1. The van der Waals surface area contributed by atoms with Crippen LogP contribution in [0.3, 0.4) is 0 Å². The molecule has 0 spiro atoms. The van der Waals surface area contributed by atoms with Gasteiger partial charge in [0, 0.05) is 19.5 Å². The van der Waals surface area contributed by atoms with Crippen LogP contribution in [0, 0.1) is 0 Å². The number of carbonyl (C=O) groups is 1. The van der Waals surface area contributed by atoms with Crippen LogP contribution in [0.2, 0.25) is 5.02 Å². The van der Waals surface area contributed by atoms with E-state index in [1.54, 1.807) is 25.1 Å². The number of rotatable bonds is 2. The fourth-order valence-electron chi connectivity index (χ4n) is 1.56. The molecule has 2 rings (SSSR count). The largest absolute Gasteiger partial charge is 0.348 e. The van der Waals surface area contributed by atoms with Gasteiger partial charge in [0.2, 0.25) is 5.91 Å². The van der Waals surface area contributed by atoms with E-state index in [0.717, 1.165) is 16.6 Å². The van der Waals surface area contributed by atoms with Gasteiger partial charge in [-0.1, -0.05) is 29.8 Å². The van der Waals surface area contributed by atoms with E-state index < -0.39 is 0 Å². The number of nitrogens with zero attached hydrogens (tertiary/aromatic N) is 2. The lowest BCUT2D eigenvalue weighted by molar-refractivity contribution is -0.128. The molecular formula is C13H13ClN2O. The van der Waals surface area contributed by atoms with Crippen molar-refractivity contribution in [1.29, 1.82) is 0 Å². The standard InChI is InChI=1S/C13H13ClN2O/c1-16(2)12(17)8-10-7-6-9-4-3-5-11(14)13(9)15-10/h3-7H,8H2,1-2H3. The fraction of sp³-hybridized carbons (Fsp3) is 0.231. The summed E-state index contributed by atoms with van der Waals surface area (Å²) in [6.07, 6.45) is 0.300. The summed E-state index contributed by atoms with van der Waals surface area (Å²) in [5.74, 6) is 0.0314. The number of aromatic nitrogens is 1. The molecule has 4 heteroatoms. The predicted molar refractivity (Wildman–Crippen MR) is 69.2 cm³/mol. The van der Waals surface area contributed by atoms with E-state index in [1.807, 2.05) is 24.3 Å². The van der Waals surface area contributed by atoms with Gasteiger partial charge in [0.15, 0.2) is 0 Å². The molecule has 88 valence electrons. The monoisotopic (exact) mass is 248 g/mol. The Hall–Kier alpha value is -1.61. The van der Waals surface area contributed by atoms with Crippen LogP contribution in [0.1, 0.15) is 5.69 Å². The topological polar surface area (TPSA) is 33.2 Å². The van der Waals surface area contributed by atoms with Crippen LogP contribution in [-0.2, 0) is 11.2 Å². The Morgan fingerprint density at radius 1 is 1.29 bits per heavy atom. The molecule has 3 nitrogen and oxygen atoms in total. The van der Waals surface area contributed by atoms with Gasteiger partial charge in [0.25, 0.3) is 0 Å². The third kappa shape index (κ3) is 2.56. The molecule has 1 amide bonds. The minimum absolute atomic E-state index is 0.0314. The van der Waals surface area contributed by atoms with Crippen LogP contribution in [0.25, 0.3) is 10.9 Å². The Balaban J connectivity index is 2.38. The number of fused-ring (bicyclic) bond motifs is 1. The molecular weight excluding hydrogens is 236 g/mol. The van der Waals surface area contributed by atoms with E-state index in [4.69, 9.17) is 11.6 Å². The van der Waals surface area contributed by atoms with Gasteiger partial charge in [0.05, 0.1) is 22.7 Å². The molecule has 0 aliphatic heterocycles. The normalized spacial score (nSPS) is 10.5. The van der Waals surface area contributed by atoms with Crippen molar-refractivity contribution in [1.82, 2.24) is 9.88 Å². The summed E-state index contributed by atoms with van der Waals surface area (Å²) in [5.41, 5.74) is 1.49. The van der Waals surface area contributed by atoms with Crippen molar-refractivity contribution in [3.63, 3.8) is 0 Å². The van der Waals surface area contributed by atoms with Gasteiger partial charge in [-0.05, 0) is 12.1 Å². The zero-order valence-electron chi connectivity index (χ0n) is 9.77. The van der Waals surface area contributed by atoms with Crippen molar-refractivity contribution in [2.45, 2.75) is 6.42 Å². The molecule has 0 radical (unpaired) electrons. The molecule has 0 N–H and O–H groups in total. The first-order valence-electron chi connectivity index (χ1n) is 5.32. The van der Waals surface area contributed by atoms with E-state index in [-0.39, 0.29) is 5.91 Å². The molecule has 0 bridgehead atoms. The van der Waals surface area contributed by atoms with Gasteiger partial charge < -0.3 is 4.90 Å². The second-order valence-electron chi connectivity index (χ2n) is 4.08.